The molecule has 4 nitrogen and oxygen atoms in total. The molecule has 1 fully saturated rings. The fourth-order valence-corrected chi connectivity index (χ4v) is 2.04. The van der Waals surface area contributed by atoms with Gasteiger partial charge in [0, 0.05) is 5.02 Å². The van der Waals surface area contributed by atoms with E-state index in [-0.39, 0.29) is 11.1 Å². The van der Waals surface area contributed by atoms with Crippen LogP contribution in [0.3, 0.4) is 0 Å². The first-order valence-corrected chi connectivity index (χ1v) is 5.57. The van der Waals surface area contributed by atoms with Crippen molar-refractivity contribution in [2.45, 2.75) is 0 Å². The van der Waals surface area contributed by atoms with E-state index in [1.165, 1.54) is 0 Å². The van der Waals surface area contributed by atoms with E-state index >= 15 is 0 Å². The van der Waals surface area contributed by atoms with Gasteiger partial charge in [-0.15, -0.1) is 0 Å². The van der Waals surface area contributed by atoms with Gasteiger partial charge in [0.2, 0.25) is 5.17 Å². The molecule has 0 aromatic heterocycles. The van der Waals surface area contributed by atoms with E-state index in [2.05, 4.69) is 10.5 Å². The Balaban J connectivity index is 2.25. The highest BCUT2D eigenvalue weighted by Crippen LogP contribution is 2.25. The van der Waals surface area contributed by atoms with Crippen LogP contribution in [0.1, 0.15) is 5.56 Å². The number of thioether (sulfide) groups is 1. The smallest absolute Gasteiger partial charge is 0.264 e. The molecule has 2 N–H and O–H groups in total. The summed E-state index contributed by atoms with van der Waals surface area (Å²) >= 11 is 6.83. The number of amidine groups is 1. The van der Waals surface area contributed by atoms with Crippen LogP contribution in [-0.4, -0.2) is 16.3 Å². The van der Waals surface area contributed by atoms with E-state index in [1.54, 1.807) is 30.3 Å². The second kappa shape index (κ2) is 4.59. The summed E-state index contributed by atoms with van der Waals surface area (Å²) in [6, 6.07) is 7.09. The largest absolute Gasteiger partial charge is 0.409 e. The van der Waals surface area contributed by atoms with Crippen molar-refractivity contribution in [1.82, 2.24) is 5.32 Å². The number of halogens is 1. The van der Waals surface area contributed by atoms with Gasteiger partial charge >= 0.3 is 0 Å². The molecule has 1 heterocycles. The Bertz CT molecular complexity index is 482. The lowest BCUT2D eigenvalue weighted by atomic mass is 10.2. The minimum atomic E-state index is -0.271. The van der Waals surface area contributed by atoms with Gasteiger partial charge in [-0.1, -0.05) is 28.9 Å². The van der Waals surface area contributed by atoms with Gasteiger partial charge in [0.1, 0.15) is 0 Å². The summed E-state index contributed by atoms with van der Waals surface area (Å²) in [5.41, 5.74) is 0.862. The summed E-state index contributed by atoms with van der Waals surface area (Å²) in [6.07, 6.45) is 1.70. The number of hydrogen-bond donors (Lipinski definition) is 2. The zero-order chi connectivity index (χ0) is 11.5. The second-order valence-corrected chi connectivity index (χ2v) is 4.49. The van der Waals surface area contributed by atoms with Crippen molar-refractivity contribution < 1.29 is 10.0 Å². The highest BCUT2D eigenvalue weighted by molar-refractivity contribution is 8.18. The van der Waals surface area contributed by atoms with Crippen LogP contribution in [0.25, 0.3) is 6.08 Å². The van der Waals surface area contributed by atoms with Gasteiger partial charge in [0.15, 0.2) is 0 Å². The molecular formula is C10H7ClN2O2S. The molecule has 1 aliphatic rings. The molecule has 0 spiro atoms. The Hall–Kier alpha value is -1.46. The quantitative estimate of drug-likeness (QED) is 0.459. The third kappa shape index (κ3) is 2.37. The lowest BCUT2D eigenvalue weighted by Crippen LogP contribution is -2.19. The van der Waals surface area contributed by atoms with Gasteiger partial charge in [0.05, 0.1) is 4.91 Å². The Morgan fingerprint density at radius 2 is 2.06 bits per heavy atom. The predicted molar refractivity (Wildman–Crippen MR) is 64.4 cm³/mol. The zero-order valence-corrected chi connectivity index (χ0v) is 9.55. The number of carbonyl (C=O) groups excluding carboxylic acids is 1. The molecule has 0 bridgehead atoms. The molecule has 0 aliphatic carbocycles. The number of rotatable bonds is 1. The monoisotopic (exact) mass is 254 g/mol. The number of amides is 1. The van der Waals surface area contributed by atoms with Crippen LogP contribution >= 0.6 is 23.4 Å². The molecule has 0 radical (unpaired) electrons. The average Bonchev–Trinajstić information content (AvgIpc) is 2.63. The predicted octanol–water partition coefficient (Wildman–Crippen LogP) is 2.29. The first-order chi connectivity index (χ1) is 7.69. The third-order valence-corrected chi connectivity index (χ3v) is 3.06. The Labute approximate surface area is 101 Å². The molecule has 1 aliphatic heterocycles. The number of benzene rings is 1. The van der Waals surface area contributed by atoms with Crippen molar-refractivity contribution in [2.24, 2.45) is 5.16 Å². The molecule has 82 valence electrons. The maximum Gasteiger partial charge on any atom is 0.264 e. The molecule has 2 rings (SSSR count). The molecular weight excluding hydrogens is 248 g/mol. The van der Waals surface area contributed by atoms with Crippen LogP contribution in [0, 0.1) is 0 Å². The van der Waals surface area contributed by atoms with Gasteiger partial charge in [-0.2, -0.15) is 0 Å². The molecule has 0 saturated carbocycles. The van der Waals surface area contributed by atoms with Crippen molar-refractivity contribution in [3.05, 3.63) is 39.8 Å². The van der Waals surface area contributed by atoms with Gasteiger partial charge in [-0.05, 0) is 35.5 Å². The van der Waals surface area contributed by atoms with E-state index in [0.29, 0.717) is 9.93 Å². The van der Waals surface area contributed by atoms with Crippen LogP contribution in [0.15, 0.2) is 34.3 Å². The average molecular weight is 255 g/mol. The Kier molecular flexibility index (Phi) is 3.17. The maximum absolute atomic E-state index is 11.4. The number of oxime groups is 1. The van der Waals surface area contributed by atoms with Crippen molar-refractivity contribution >= 4 is 40.5 Å². The number of nitrogens with zero attached hydrogens (tertiary/aromatic N) is 1. The van der Waals surface area contributed by atoms with Crippen molar-refractivity contribution in [3.8, 4) is 0 Å². The first kappa shape index (κ1) is 11.0. The van der Waals surface area contributed by atoms with Crippen LogP contribution in [0.2, 0.25) is 5.02 Å². The number of nitrogens with one attached hydrogen (secondary N) is 1. The van der Waals surface area contributed by atoms with Gasteiger partial charge < -0.3 is 5.21 Å². The summed E-state index contributed by atoms with van der Waals surface area (Å²) in [7, 11) is 0. The molecule has 1 aromatic rings. The lowest BCUT2D eigenvalue weighted by Gasteiger charge is -1.94. The van der Waals surface area contributed by atoms with E-state index in [1.807, 2.05) is 0 Å². The molecule has 1 aromatic carbocycles. The molecule has 6 heteroatoms. The van der Waals surface area contributed by atoms with Crippen LogP contribution in [0.4, 0.5) is 0 Å². The van der Waals surface area contributed by atoms with Crippen LogP contribution in [-0.2, 0) is 4.79 Å². The van der Waals surface area contributed by atoms with E-state index in [9.17, 15) is 4.79 Å². The fraction of sp³-hybridized carbons (Fsp3) is 0. The SMILES string of the molecule is O=C1N/C(=N/O)S/C1=C\c1ccc(Cl)cc1. The van der Waals surface area contributed by atoms with Crippen LogP contribution < -0.4 is 5.32 Å². The Morgan fingerprint density at radius 1 is 1.38 bits per heavy atom. The zero-order valence-electron chi connectivity index (χ0n) is 7.98. The molecule has 1 saturated heterocycles. The van der Waals surface area contributed by atoms with E-state index < -0.39 is 0 Å². The Morgan fingerprint density at radius 3 is 2.62 bits per heavy atom. The van der Waals surface area contributed by atoms with Gasteiger partial charge in [-0.25, -0.2) is 0 Å². The fourth-order valence-electron chi connectivity index (χ4n) is 1.19. The van der Waals surface area contributed by atoms with Crippen LogP contribution in [0.5, 0.6) is 0 Å². The molecule has 16 heavy (non-hydrogen) atoms. The highest BCUT2D eigenvalue weighted by Gasteiger charge is 2.23. The summed E-state index contributed by atoms with van der Waals surface area (Å²) in [5.74, 6) is -0.271. The van der Waals surface area contributed by atoms with Crippen molar-refractivity contribution in [1.29, 1.82) is 0 Å². The highest BCUT2D eigenvalue weighted by atomic mass is 35.5. The standard InChI is InChI=1S/C10H7ClN2O2S/c11-7-3-1-6(2-4-7)5-8-9(14)12-10(13-15)16-8/h1-5,15H,(H,12,13,14)/b8-5-. The van der Waals surface area contributed by atoms with Crippen molar-refractivity contribution in [2.75, 3.05) is 0 Å². The summed E-state index contributed by atoms with van der Waals surface area (Å²) in [6.45, 7) is 0. The molecule has 0 atom stereocenters. The summed E-state index contributed by atoms with van der Waals surface area (Å²) < 4.78 is 0. The topological polar surface area (TPSA) is 61.7 Å². The third-order valence-electron chi connectivity index (χ3n) is 1.91. The first-order valence-electron chi connectivity index (χ1n) is 4.37. The number of hydrogen-bond acceptors (Lipinski definition) is 4. The van der Waals surface area contributed by atoms with Gasteiger partial charge in [0.25, 0.3) is 5.91 Å². The van der Waals surface area contributed by atoms with Gasteiger partial charge in [-0.3, -0.25) is 10.1 Å². The normalized spacial score (nSPS) is 20.4. The number of carbonyl (C=O) groups is 1. The van der Waals surface area contributed by atoms with E-state index in [4.69, 9.17) is 16.8 Å². The van der Waals surface area contributed by atoms with Crippen molar-refractivity contribution in [3.63, 3.8) is 0 Å². The maximum atomic E-state index is 11.4. The van der Waals surface area contributed by atoms with E-state index in [0.717, 1.165) is 17.3 Å². The second-order valence-electron chi connectivity index (χ2n) is 3.02. The summed E-state index contributed by atoms with van der Waals surface area (Å²) in [5, 5.41) is 14.7. The summed E-state index contributed by atoms with van der Waals surface area (Å²) in [4.78, 5) is 11.9. The minimum absolute atomic E-state index is 0.185. The minimum Gasteiger partial charge on any atom is -0.409 e. The molecule has 1 amide bonds. The lowest BCUT2D eigenvalue weighted by molar-refractivity contribution is -0.115. The molecule has 0 unspecified atom stereocenters.